The van der Waals surface area contributed by atoms with Gasteiger partial charge in [0, 0.05) is 33.9 Å². The fourth-order valence-electron chi connectivity index (χ4n) is 3.36. The Bertz CT molecular complexity index is 1040. The van der Waals surface area contributed by atoms with Crippen molar-refractivity contribution >= 4 is 29.7 Å². The smallest absolute Gasteiger partial charge is 0.351 e. The number of hydrogen-bond donors (Lipinski definition) is 1. The van der Waals surface area contributed by atoms with Crippen molar-refractivity contribution in [1.82, 2.24) is 9.55 Å². The van der Waals surface area contributed by atoms with Gasteiger partial charge in [0.2, 0.25) is 11.7 Å². The molecular formula is C20H23N3O10. The topological polar surface area (TPSA) is 175 Å². The van der Waals surface area contributed by atoms with E-state index in [1.54, 1.807) is 0 Å². The number of carbonyl (C=O) groups is 4. The Morgan fingerprint density at radius 2 is 1.70 bits per heavy atom. The van der Waals surface area contributed by atoms with E-state index in [9.17, 15) is 24.0 Å². The second kappa shape index (κ2) is 9.70. The van der Waals surface area contributed by atoms with Crippen molar-refractivity contribution in [2.45, 2.75) is 51.2 Å². The predicted molar refractivity (Wildman–Crippen MR) is 108 cm³/mol. The molecule has 1 aromatic rings. The minimum Gasteiger partial charge on any atom is -0.462 e. The van der Waals surface area contributed by atoms with Crippen LogP contribution in [0.3, 0.4) is 0 Å². The number of hydrogen-bond acceptors (Lipinski definition) is 12. The van der Waals surface area contributed by atoms with Crippen LogP contribution in [-0.2, 0) is 42.9 Å². The van der Waals surface area contributed by atoms with Gasteiger partial charge in [0.1, 0.15) is 19.0 Å². The molecule has 0 spiro atoms. The lowest BCUT2D eigenvalue weighted by atomic mass is 9.81. The number of nitrogen functional groups attached to an aromatic ring is 1. The van der Waals surface area contributed by atoms with Gasteiger partial charge >= 0.3 is 29.6 Å². The van der Waals surface area contributed by atoms with Gasteiger partial charge in [-0.05, 0) is 6.07 Å². The molecule has 0 amide bonds. The molecule has 0 aliphatic carbocycles. The van der Waals surface area contributed by atoms with Gasteiger partial charge in [-0.25, -0.2) is 4.79 Å². The Kier molecular flexibility index (Phi) is 7.45. The summed E-state index contributed by atoms with van der Waals surface area (Å²) in [6.45, 7) is 2.86. The van der Waals surface area contributed by atoms with Gasteiger partial charge in [-0.3, -0.25) is 23.7 Å². The number of esters is 4. The lowest BCUT2D eigenvalue weighted by Gasteiger charge is -2.40. The maximum atomic E-state index is 12.5. The molecule has 2 rings (SSSR count). The molecule has 1 aliphatic rings. The highest BCUT2D eigenvalue weighted by atomic mass is 16.7. The van der Waals surface area contributed by atoms with E-state index in [-0.39, 0.29) is 5.82 Å². The highest BCUT2D eigenvalue weighted by molar-refractivity contribution is 5.70. The third kappa shape index (κ3) is 5.12. The fourth-order valence-corrected chi connectivity index (χ4v) is 3.36. The Balaban J connectivity index is 2.82. The van der Waals surface area contributed by atoms with E-state index in [1.165, 1.54) is 12.3 Å². The average molecular weight is 465 g/mol. The average Bonchev–Trinajstić information content (AvgIpc) is 2.94. The molecule has 2 N–H and O–H groups in total. The molecule has 0 unspecified atom stereocenters. The zero-order chi connectivity index (χ0) is 25.0. The first-order chi connectivity index (χ1) is 15.4. The summed E-state index contributed by atoms with van der Waals surface area (Å²) in [6, 6.07) is 1.26. The molecule has 3 atom stereocenters. The molecule has 178 valence electrons. The van der Waals surface area contributed by atoms with Crippen LogP contribution in [0.15, 0.2) is 17.1 Å². The number of nitrogens with two attached hydrogens (primary N) is 1. The van der Waals surface area contributed by atoms with Crippen LogP contribution in [0.2, 0.25) is 0 Å². The Morgan fingerprint density at radius 1 is 1.12 bits per heavy atom. The molecule has 0 radical (unpaired) electrons. The van der Waals surface area contributed by atoms with Crippen molar-refractivity contribution in [3.8, 4) is 12.3 Å². The number of terminal acetylenes is 1. The molecule has 1 fully saturated rings. The van der Waals surface area contributed by atoms with Gasteiger partial charge in [0.05, 0.1) is 0 Å². The molecule has 33 heavy (non-hydrogen) atoms. The summed E-state index contributed by atoms with van der Waals surface area (Å²) in [7, 11) is 0. The van der Waals surface area contributed by atoms with Crippen LogP contribution in [0.5, 0.6) is 0 Å². The molecule has 1 aliphatic heterocycles. The van der Waals surface area contributed by atoms with Crippen LogP contribution in [0.25, 0.3) is 0 Å². The summed E-state index contributed by atoms with van der Waals surface area (Å²) in [5, 5.41) is 0. The van der Waals surface area contributed by atoms with Crippen LogP contribution in [0.4, 0.5) is 5.82 Å². The molecule has 13 heteroatoms. The summed E-state index contributed by atoms with van der Waals surface area (Å²) in [5.41, 5.74) is 0.228. The van der Waals surface area contributed by atoms with Gasteiger partial charge in [-0.1, -0.05) is 5.92 Å². The molecule has 1 aromatic heterocycles. The molecular weight excluding hydrogens is 442 g/mol. The highest BCUT2D eigenvalue weighted by Crippen LogP contribution is 2.49. The Morgan fingerprint density at radius 3 is 2.12 bits per heavy atom. The first-order valence-corrected chi connectivity index (χ1v) is 9.51. The van der Waals surface area contributed by atoms with Gasteiger partial charge in [-0.15, -0.1) is 6.42 Å². The number of aromatic nitrogens is 2. The molecule has 0 aromatic carbocycles. The number of nitrogens with zero attached hydrogens (tertiary/aromatic N) is 2. The van der Waals surface area contributed by atoms with E-state index in [1.807, 2.05) is 0 Å². The van der Waals surface area contributed by atoms with Gasteiger partial charge in [0.25, 0.3) is 0 Å². The first kappa shape index (κ1) is 25.3. The molecule has 2 heterocycles. The van der Waals surface area contributed by atoms with E-state index >= 15 is 0 Å². The largest absolute Gasteiger partial charge is 0.462 e. The zero-order valence-electron chi connectivity index (χ0n) is 18.4. The van der Waals surface area contributed by atoms with E-state index in [2.05, 4.69) is 10.9 Å². The van der Waals surface area contributed by atoms with Crippen molar-refractivity contribution in [3.63, 3.8) is 0 Å². The third-order valence-electron chi connectivity index (χ3n) is 4.64. The monoisotopic (exact) mass is 465 g/mol. The summed E-state index contributed by atoms with van der Waals surface area (Å²) in [5.74, 6) is -1.19. The first-order valence-electron chi connectivity index (χ1n) is 9.51. The number of rotatable bonds is 7. The van der Waals surface area contributed by atoms with Crippen LogP contribution >= 0.6 is 0 Å². The lowest BCUT2D eigenvalue weighted by Crippen LogP contribution is -2.63. The molecule has 0 saturated carbocycles. The Labute approximate surface area is 188 Å². The van der Waals surface area contributed by atoms with Crippen LogP contribution in [-0.4, -0.2) is 63.9 Å². The predicted octanol–water partition coefficient (Wildman–Crippen LogP) is -0.914. The third-order valence-corrected chi connectivity index (χ3v) is 4.64. The number of anilines is 1. The van der Waals surface area contributed by atoms with Gasteiger partial charge in [-0.2, -0.15) is 4.98 Å². The second-order valence-electron chi connectivity index (χ2n) is 7.11. The summed E-state index contributed by atoms with van der Waals surface area (Å²) < 4.78 is 27.9. The molecule has 1 saturated heterocycles. The van der Waals surface area contributed by atoms with Crippen LogP contribution < -0.4 is 11.4 Å². The quantitative estimate of drug-likeness (QED) is 0.298. The van der Waals surface area contributed by atoms with Crippen molar-refractivity contribution < 1.29 is 42.9 Å². The van der Waals surface area contributed by atoms with E-state index in [0.29, 0.717) is 0 Å². The van der Waals surface area contributed by atoms with Crippen LogP contribution in [0, 0.1) is 12.3 Å². The maximum absolute atomic E-state index is 12.5. The minimum absolute atomic E-state index is 0.104. The van der Waals surface area contributed by atoms with Crippen molar-refractivity contribution in [2.75, 3.05) is 18.9 Å². The lowest BCUT2D eigenvalue weighted by molar-refractivity contribution is -0.207. The minimum atomic E-state index is -2.30. The summed E-state index contributed by atoms with van der Waals surface area (Å²) in [6.07, 6.45) is 3.76. The van der Waals surface area contributed by atoms with Crippen molar-refractivity contribution in [1.29, 1.82) is 0 Å². The van der Waals surface area contributed by atoms with Crippen molar-refractivity contribution in [3.05, 3.63) is 22.7 Å². The fraction of sp³-hybridized carbons (Fsp3) is 0.500. The van der Waals surface area contributed by atoms with Gasteiger partial charge < -0.3 is 29.4 Å². The van der Waals surface area contributed by atoms with Crippen LogP contribution in [0.1, 0.15) is 33.9 Å². The molecule has 13 nitrogen and oxygen atoms in total. The standard InChI is InChI=1S/C20H23N3O10/c1-6-20(32-14(5)27)16(31-13(4)26)17(23-8-7-15(21)22-18(23)28)33-19(20,9-29-11(2)24)10-30-12(3)25/h1,7-8,16-17H,9-10H2,2-5H3,(H2,21,22,28)/t16-,17+,20-/m0/s1. The summed E-state index contributed by atoms with van der Waals surface area (Å²) >= 11 is 0. The second-order valence-corrected chi connectivity index (χ2v) is 7.11. The zero-order valence-corrected chi connectivity index (χ0v) is 18.4. The van der Waals surface area contributed by atoms with E-state index in [0.717, 1.165) is 32.3 Å². The number of ether oxygens (including phenoxy) is 5. The van der Waals surface area contributed by atoms with E-state index < -0.39 is 66.3 Å². The molecule has 0 bridgehead atoms. The normalized spacial score (nSPS) is 23.1. The Hall–Kier alpha value is -3.92. The SMILES string of the molecule is C#C[C@]1(OC(C)=O)[C@@H](OC(C)=O)[C@H](n2ccc(N)nc2=O)OC1(COC(C)=O)COC(C)=O. The maximum Gasteiger partial charge on any atom is 0.351 e. The number of carbonyl (C=O) groups excluding carboxylic acids is 4. The van der Waals surface area contributed by atoms with Gasteiger partial charge in [0.15, 0.2) is 11.8 Å². The van der Waals surface area contributed by atoms with E-state index in [4.69, 9.17) is 35.8 Å². The van der Waals surface area contributed by atoms with Crippen molar-refractivity contribution in [2.24, 2.45) is 0 Å². The summed E-state index contributed by atoms with van der Waals surface area (Å²) in [4.78, 5) is 63.4. The highest BCUT2D eigenvalue weighted by Gasteiger charge is 2.72.